The first kappa shape index (κ1) is 30.3. The van der Waals surface area contributed by atoms with Gasteiger partial charge in [-0.15, -0.1) is 11.3 Å². The van der Waals surface area contributed by atoms with E-state index < -0.39 is 34.6 Å². The van der Waals surface area contributed by atoms with Gasteiger partial charge in [-0.2, -0.15) is 13.2 Å². The second kappa shape index (κ2) is 13.2. The highest BCUT2D eigenvalue weighted by Gasteiger charge is 2.34. The summed E-state index contributed by atoms with van der Waals surface area (Å²) >= 11 is 6.62. The molecule has 2 aromatic heterocycles. The number of amides is 2. The van der Waals surface area contributed by atoms with Crippen LogP contribution >= 0.6 is 22.9 Å². The minimum absolute atomic E-state index is 0.0737. The highest BCUT2D eigenvalue weighted by molar-refractivity contribution is 7.13. The van der Waals surface area contributed by atoms with Gasteiger partial charge >= 0.3 is 6.18 Å². The van der Waals surface area contributed by atoms with Gasteiger partial charge in [0.05, 0.1) is 22.8 Å². The molecule has 0 radical (unpaired) electrons. The van der Waals surface area contributed by atoms with E-state index in [1.807, 2.05) is 0 Å². The van der Waals surface area contributed by atoms with Crippen LogP contribution in [0.3, 0.4) is 0 Å². The number of hydrogen-bond acceptors (Lipinski definition) is 8. The first-order valence-electron chi connectivity index (χ1n) is 12.1. The van der Waals surface area contributed by atoms with Crippen molar-refractivity contribution < 1.29 is 22.8 Å². The molecule has 0 saturated carbocycles. The molecule has 1 aliphatic rings. The van der Waals surface area contributed by atoms with Crippen molar-refractivity contribution in [1.29, 1.82) is 0 Å². The van der Waals surface area contributed by atoms with Crippen LogP contribution in [0, 0.1) is 5.92 Å². The number of piperidine rings is 1. The van der Waals surface area contributed by atoms with Crippen molar-refractivity contribution in [2.45, 2.75) is 38.9 Å². The summed E-state index contributed by atoms with van der Waals surface area (Å²) in [6, 6.07) is 1.06. The number of rotatable bonds is 9. The molecule has 39 heavy (non-hydrogen) atoms. The number of nitrogens with two attached hydrogens (primary N) is 1. The number of halogens is 4. The lowest BCUT2D eigenvalue weighted by Crippen LogP contribution is -2.37. The van der Waals surface area contributed by atoms with Crippen LogP contribution in [0.2, 0.25) is 0 Å². The molecule has 9 nitrogen and oxygen atoms in total. The molecule has 3 heterocycles. The Kier molecular flexibility index (Phi) is 10.2. The van der Waals surface area contributed by atoms with E-state index in [1.54, 1.807) is 13.0 Å². The number of nitrogens with zero attached hydrogens (tertiary/aromatic N) is 4. The molecular formula is C25H29ClF3N7O2S. The van der Waals surface area contributed by atoms with Crippen molar-refractivity contribution in [3.63, 3.8) is 0 Å². The van der Waals surface area contributed by atoms with Crippen molar-refractivity contribution in [2.24, 2.45) is 11.7 Å². The Morgan fingerprint density at radius 3 is 2.59 bits per heavy atom. The smallest absolute Gasteiger partial charge is 0.356 e. The zero-order valence-corrected chi connectivity index (χ0v) is 23.0. The lowest BCUT2D eigenvalue weighted by atomic mass is 9.97. The van der Waals surface area contributed by atoms with Crippen LogP contribution in [-0.4, -0.2) is 52.6 Å². The molecule has 1 aliphatic heterocycles. The van der Waals surface area contributed by atoms with Crippen molar-refractivity contribution >= 4 is 40.6 Å². The Morgan fingerprint density at radius 2 is 1.97 bits per heavy atom. The minimum Gasteiger partial charge on any atom is -0.356 e. The zero-order valence-electron chi connectivity index (χ0n) is 21.4. The molecule has 0 spiro atoms. The van der Waals surface area contributed by atoms with Gasteiger partial charge in [-0.3, -0.25) is 9.59 Å². The van der Waals surface area contributed by atoms with Crippen LogP contribution in [0.4, 0.5) is 19.0 Å². The quantitative estimate of drug-likeness (QED) is 0.372. The third kappa shape index (κ3) is 8.10. The van der Waals surface area contributed by atoms with Gasteiger partial charge in [-0.05, 0) is 45.2 Å². The van der Waals surface area contributed by atoms with E-state index >= 15 is 0 Å². The molecule has 2 aromatic rings. The lowest BCUT2D eigenvalue weighted by molar-refractivity contribution is -0.0885. The van der Waals surface area contributed by atoms with E-state index in [0.29, 0.717) is 23.3 Å². The Hall–Kier alpha value is -3.29. The maximum absolute atomic E-state index is 13.2. The van der Waals surface area contributed by atoms with E-state index in [1.165, 1.54) is 19.4 Å². The number of aromatic nitrogens is 3. The standard InChI is InChI=1S/C25H29ClF3N7O2S/c1-4-18(26)17(25(27,28)29)9-14(2)34-23(38)20-12-31-24(39-20)15(3)35-22(37)19-10-21(33-13-32-19)36-7-5-16(11-30)6-8-36/h4,9-10,12-13,15-16H,1,5-8,11,30H2,2-3H3,(H,34,38)(H,35,37)/b14-9+,18-17-. The van der Waals surface area contributed by atoms with E-state index in [0.717, 1.165) is 49.4 Å². The monoisotopic (exact) mass is 583 g/mol. The molecule has 2 amide bonds. The number of anilines is 1. The second-order valence-electron chi connectivity index (χ2n) is 8.93. The zero-order chi connectivity index (χ0) is 28.7. The molecule has 4 N–H and O–H groups in total. The summed E-state index contributed by atoms with van der Waals surface area (Å²) in [5.74, 6) is 0.0596. The number of nitrogens with one attached hydrogen (secondary N) is 2. The van der Waals surface area contributed by atoms with Crippen molar-refractivity contribution in [3.05, 3.63) is 69.2 Å². The van der Waals surface area contributed by atoms with Crippen molar-refractivity contribution in [3.8, 4) is 0 Å². The van der Waals surface area contributed by atoms with Gasteiger partial charge < -0.3 is 21.3 Å². The number of allylic oxidation sites excluding steroid dienone is 5. The van der Waals surface area contributed by atoms with E-state index in [9.17, 15) is 22.8 Å². The fraction of sp³-hybridized carbons (Fsp3) is 0.400. The fourth-order valence-electron chi connectivity index (χ4n) is 3.86. The summed E-state index contributed by atoms with van der Waals surface area (Å²) in [6.07, 6.45) is 1.41. The summed E-state index contributed by atoms with van der Waals surface area (Å²) < 4.78 is 39.7. The Labute approximate surface area is 233 Å². The first-order chi connectivity index (χ1) is 18.4. The third-order valence-corrected chi connectivity index (χ3v) is 7.57. The molecule has 1 unspecified atom stereocenters. The van der Waals surface area contributed by atoms with Crippen LogP contribution < -0.4 is 21.3 Å². The SMILES string of the molecule is C=C/C(Cl)=C(\C=C(/C)NC(=O)c1cnc(C(C)NC(=O)c2cc(N3CCC(CN)CC3)ncn2)s1)C(F)(F)F. The van der Waals surface area contributed by atoms with Gasteiger partial charge in [-0.1, -0.05) is 24.3 Å². The Balaban J connectivity index is 1.63. The van der Waals surface area contributed by atoms with Gasteiger partial charge in [-0.25, -0.2) is 15.0 Å². The minimum atomic E-state index is -4.73. The van der Waals surface area contributed by atoms with E-state index in [2.05, 4.69) is 37.1 Å². The molecule has 1 atom stereocenters. The highest BCUT2D eigenvalue weighted by atomic mass is 35.5. The van der Waals surface area contributed by atoms with E-state index in [4.69, 9.17) is 17.3 Å². The first-order valence-corrected chi connectivity index (χ1v) is 13.2. The molecular weight excluding hydrogens is 555 g/mol. The molecule has 210 valence electrons. The summed E-state index contributed by atoms with van der Waals surface area (Å²) in [5.41, 5.74) is 4.74. The molecule has 3 rings (SSSR count). The summed E-state index contributed by atoms with van der Waals surface area (Å²) in [6.45, 7) is 8.49. The highest BCUT2D eigenvalue weighted by Crippen LogP contribution is 2.32. The van der Waals surface area contributed by atoms with Crippen molar-refractivity contribution in [1.82, 2.24) is 25.6 Å². The molecule has 0 bridgehead atoms. The van der Waals surface area contributed by atoms with Gasteiger partial charge in [0.2, 0.25) is 0 Å². The van der Waals surface area contributed by atoms with Crippen LogP contribution in [0.5, 0.6) is 0 Å². The largest absolute Gasteiger partial charge is 0.417 e. The maximum Gasteiger partial charge on any atom is 0.417 e. The number of hydrogen-bond donors (Lipinski definition) is 3. The van der Waals surface area contributed by atoms with Crippen LogP contribution in [0.25, 0.3) is 0 Å². The Bertz CT molecular complexity index is 1270. The van der Waals surface area contributed by atoms with Gasteiger partial charge in [0.25, 0.3) is 11.8 Å². The molecule has 0 aliphatic carbocycles. The topological polar surface area (TPSA) is 126 Å². The summed E-state index contributed by atoms with van der Waals surface area (Å²) in [7, 11) is 0. The van der Waals surface area contributed by atoms with E-state index in [-0.39, 0.29) is 16.3 Å². The van der Waals surface area contributed by atoms with Gasteiger partial charge in [0.15, 0.2) is 0 Å². The summed E-state index contributed by atoms with van der Waals surface area (Å²) in [5, 5.41) is 5.03. The third-order valence-electron chi connectivity index (χ3n) is 6.04. The number of carbonyl (C=O) groups is 2. The average Bonchev–Trinajstić information content (AvgIpc) is 3.42. The Morgan fingerprint density at radius 1 is 1.28 bits per heavy atom. The van der Waals surface area contributed by atoms with Gasteiger partial charge in [0, 0.05) is 24.9 Å². The predicted molar refractivity (Wildman–Crippen MR) is 144 cm³/mol. The maximum atomic E-state index is 13.2. The summed E-state index contributed by atoms with van der Waals surface area (Å²) in [4.78, 5) is 40.2. The number of thiazole rings is 1. The average molecular weight is 584 g/mol. The normalized spacial score (nSPS) is 16.4. The van der Waals surface area contributed by atoms with Crippen molar-refractivity contribution in [2.75, 3.05) is 24.5 Å². The fourth-order valence-corrected chi connectivity index (χ4v) is 4.83. The lowest BCUT2D eigenvalue weighted by Gasteiger charge is -2.32. The number of carbonyl (C=O) groups excluding carboxylic acids is 2. The van der Waals surface area contributed by atoms with Crippen LogP contribution in [-0.2, 0) is 0 Å². The second-order valence-corrected chi connectivity index (χ2v) is 10.4. The molecule has 0 aromatic carbocycles. The van der Waals surface area contributed by atoms with Gasteiger partial charge in [0.1, 0.15) is 27.7 Å². The predicted octanol–water partition coefficient (Wildman–Crippen LogP) is 4.47. The van der Waals surface area contributed by atoms with Crippen LogP contribution in [0.15, 0.2) is 53.6 Å². The molecule has 14 heteroatoms. The molecule has 1 saturated heterocycles. The number of alkyl halides is 3. The van der Waals surface area contributed by atoms with Crippen LogP contribution in [0.1, 0.15) is 57.9 Å². The molecule has 1 fully saturated rings.